The van der Waals surface area contributed by atoms with Gasteiger partial charge in [-0.05, 0) is 43.4 Å². The van der Waals surface area contributed by atoms with Crippen LogP contribution in [-0.4, -0.2) is 35.8 Å². The van der Waals surface area contributed by atoms with Gasteiger partial charge in [-0.2, -0.15) is 0 Å². The third-order valence-corrected chi connectivity index (χ3v) is 4.66. The summed E-state index contributed by atoms with van der Waals surface area (Å²) in [5, 5.41) is 2.75. The first-order valence-corrected chi connectivity index (χ1v) is 8.70. The Morgan fingerprint density at radius 2 is 2.00 bits per heavy atom. The van der Waals surface area contributed by atoms with Gasteiger partial charge < -0.3 is 10.2 Å². The number of hydrogen-bond acceptors (Lipinski definition) is 2. The summed E-state index contributed by atoms with van der Waals surface area (Å²) in [5.41, 5.74) is 0.942. The van der Waals surface area contributed by atoms with Gasteiger partial charge in [0.15, 0.2) is 0 Å². The molecule has 22 heavy (non-hydrogen) atoms. The van der Waals surface area contributed by atoms with Crippen LogP contribution in [0.2, 0.25) is 0 Å². The maximum absolute atomic E-state index is 12.3. The number of carbonyl (C=O) groups excluding carboxylic acids is 2. The van der Waals surface area contributed by atoms with Crippen LogP contribution < -0.4 is 5.32 Å². The van der Waals surface area contributed by atoms with E-state index in [9.17, 15) is 9.59 Å². The van der Waals surface area contributed by atoms with E-state index in [0.717, 1.165) is 35.8 Å². The number of amides is 2. The van der Waals surface area contributed by atoms with Crippen molar-refractivity contribution in [2.45, 2.75) is 45.1 Å². The molecule has 5 heteroatoms. The van der Waals surface area contributed by atoms with Gasteiger partial charge in [-0.3, -0.25) is 9.59 Å². The highest BCUT2D eigenvalue weighted by Crippen LogP contribution is 2.19. The van der Waals surface area contributed by atoms with E-state index in [0.29, 0.717) is 12.5 Å². The predicted octanol–water partition coefficient (Wildman–Crippen LogP) is 2.90. The molecular weight excluding hydrogens is 344 g/mol. The molecule has 0 bridgehead atoms. The molecule has 1 fully saturated rings. The van der Waals surface area contributed by atoms with Gasteiger partial charge >= 0.3 is 0 Å². The molecule has 1 N–H and O–H groups in total. The molecule has 1 aromatic carbocycles. The molecule has 1 saturated heterocycles. The lowest BCUT2D eigenvalue weighted by Crippen LogP contribution is -2.47. The van der Waals surface area contributed by atoms with E-state index >= 15 is 0 Å². The van der Waals surface area contributed by atoms with Crippen molar-refractivity contribution in [3.63, 3.8) is 0 Å². The topological polar surface area (TPSA) is 49.4 Å². The van der Waals surface area contributed by atoms with Gasteiger partial charge in [-0.25, -0.2) is 0 Å². The van der Waals surface area contributed by atoms with Crippen molar-refractivity contribution in [3.05, 3.63) is 34.3 Å². The molecule has 2 rings (SSSR count). The Morgan fingerprint density at radius 3 is 2.68 bits per heavy atom. The summed E-state index contributed by atoms with van der Waals surface area (Å²) in [4.78, 5) is 26.2. The highest BCUT2D eigenvalue weighted by molar-refractivity contribution is 9.10. The lowest BCUT2D eigenvalue weighted by atomic mass is 10.00. The molecule has 1 heterocycles. The number of likely N-dealkylation sites (tertiary alicyclic amines) is 1. The molecule has 0 saturated carbocycles. The molecule has 0 aliphatic carbocycles. The van der Waals surface area contributed by atoms with E-state index in [2.05, 4.69) is 28.2 Å². The van der Waals surface area contributed by atoms with Crippen LogP contribution in [0.1, 0.15) is 38.2 Å². The fourth-order valence-corrected chi connectivity index (χ4v) is 3.14. The minimum absolute atomic E-state index is 0.0377. The molecule has 1 aliphatic heterocycles. The molecule has 1 atom stereocenters. The number of nitrogens with one attached hydrogen (secondary N) is 1. The van der Waals surface area contributed by atoms with Crippen LogP contribution in [0, 0.1) is 0 Å². The standard InChI is InChI=1S/C17H23BrN2O2/c1-2-15-5-3-4-10-20(15)17(22)12-19-16(21)11-13-6-8-14(18)9-7-13/h6-9,15H,2-5,10-12H2,1H3,(H,19,21). The number of benzene rings is 1. The maximum atomic E-state index is 12.3. The summed E-state index contributed by atoms with van der Waals surface area (Å²) in [5.74, 6) is -0.0727. The normalized spacial score (nSPS) is 18.1. The number of halogens is 1. The molecule has 2 amide bonds. The van der Waals surface area contributed by atoms with Crippen LogP contribution in [0.5, 0.6) is 0 Å². The Labute approximate surface area is 140 Å². The minimum Gasteiger partial charge on any atom is -0.347 e. The lowest BCUT2D eigenvalue weighted by Gasteiger charge is -2.35. The number of rotatable bonds is 5. The minimum atomic E-state index is -0.110. The lowest BCUT2D eigenvalue weighted by molar-refractivity contribution is -0.135. The van der Waals surface area contributed by atoms with Crippen LogP contribution in [-0.2, 0) is 16.0 Å². The molecule has 120 valence electrons. The van der Waals surface area contributed by atoms with E-state index in [1.807, 2.05) is 29.2 Å². The highest BCUT2D eigenvalue weighted by Gasteiger charge is 2.25. The fourth-order valence-electron chi connectivity index (χ4n) is 2.88. The van der Waals surface area contributed by atoms with Crippen LogP contribution in [0.25, 0.3) is 0 Å². The number of piperidine rings is 1. The van der Waals surface area contributed by atoms with E-state index in [1.165, 1.54) is 6.42 Å². The molecule has 0 aromatic heterocycles. The van der Waals surface area contributed by atoms with Gasteiger partial charge in [0.25, 0.3) is 0 Å². The van der Waals surface area contributed by atoms with E-state index in [1.54, 1.807) is 0 Å². The van der Waals surface area contributed by atoms with Crippen molar-refractivity contribution in [3.8, 4) is 0 Å². The summed E-state index contributed by atoms with van der Waals surface area (Å²) in [6.45, 7) is 3.04. The smallest absolute Gasteiger partial charge is 0.242 e. The van der Waals surface area contributed by atoms with Gasteiger partial charge in [-0.15, -0.1) is 0 Å². The van der Waals surface area contributed by atoms with E-state index < -0.39 is 0 Å². The van der Waals surface area contributed by atoms with Crippen molar-refractivity contribution in [2.24, 2.45) is 0 Å². The monoisotopic (exact) mass is 366 g/mol. The fraction of sp³-hybridized carbons (Fsp3) is 0.529. The van der Waals surface area contributed by atoms with Crippen molar-refractivity contribution in [2.75, 3.05) is 13.1 Å². The average Bonchev–Trinajstić information content (AvgIpc) is 2.54. The molecule has 4 nitrogen and oxygen atoms in total. The Kier molecular flexibility index (Phi) is 6.43. The molecule has 0 radical (unpaired) electrons. The summed E-state index contributed by atoms with van der Waals surface area (Å²) >= 11 is 3.37. The summed E-state index contributed by atoms with van der Waals surface area (Å²) in [6.07, 6.45) is 4.62. The zero-order valence-corrected chi connectivity index (χ0v) is 14.6. The largest absolute Gasteiger partial charge is 0.347 e. The van der Waals surface area contributed by atoms with Gasteiger partial charge in [-0.1, -0.05) is 35.0 Å². The summed E-state index contributed by atoms with van der Waals surface area (Å²) < 4.78 is 0.988. The van der Waals surface area contributed by atoms with Crippen molar-refractivity contribution < 1.29 is 9.59 Å². The Balaban J connectivity index is 1.80. The summed E-state index contributed by atoms with van der Waals surface area (Å²) in [7, 11) is 0. The Hall–Kier alpha value is -1.36. The Morgan fingerprint density at radius 1 is 1.27 bits per heavy atom. The summed E-state index contributed by atoms with van der Waals surface area (Å²) in [6, 6.07) is 7.97. The number of carbonyl (C=O) groups is 2. The average molecular weight is 367 g/mol. The first kappa shape index (κ1) is 17.0. The van der Waals surface area contributed by atoms with Crippen LogP contribution >= 0.6 is 15.9 Å². The quantitative estimate of drug-likeness (QED) is 0.870. The third-order valence-electron chi connectivity index (χ3n) is 4.13. The second-order valence-electron chi connectivity index (χ2n) is 5.72. The zero-order valence-electron chi connectivity index (χ0n) is 13.0. The van der Waals surface area contributed by atoms with Gasteiger partial charge in [0, 0.05) is 17.1 Å². The van der Waals surface area contributed by atoms with Crippen molar-refractivity contribution in [1.29, 1.82) is 0 Å². The molecule has 0 spiro atoms. The molecular formula is C17H23BrN2O2. The number of hydrogen-bond donors (Lipinski definition) is 1. The SMILES string of the molecule is CCC1CCCCN1C(=O)CNC(=O)Cc1ccc(Br)cc1. The van der Waals surface area contributed by atoms with Crippen molar-refractivity contribution >= 4 is 27.7 Å². The Bertz CT molecular complexity index is 516. The highest BCUT2D eigenvalue weighted by atomic mass is 79.9. The first-order valence-electron chi connectivity index (χ1n) is 7.90. The van der Waals surface area contributed by atoms with Crippen LogP contribution in [0.4, 0.5) is 0 Å². The maximum Gasteiger partial charge on any atom is 0.242 e. The molecule has 1 aromatic rings. The second kappa shape index (κ2) is 8.32. The molecule has 1 aliphatic rings. The van der Waals surface area contributed by atoms with Crippen LogP contribution in [0.15, 0.2) is 28.7 Å². The van der Waals surface area contributed by atoms with Crippen LogP contribution in [0.3, 0.4) is 0 Å². The zero-order chi connectivity index (χ0) is 15.9. The van der Waals surface area contributed by atoms with Gasteiger partial charge in [0.1, 0.15) is 0 Å². The van der Waals surface area contributed by atoms with Gasteiger partial charge in [0.05, 0.1) is 13.0 Å². The molecule has 1 unspecified atom stereocenters. The van der Waals surface area contributed by atoms with Gasteiger partial charge in [0.2, 0.25) is 11.8 Å². The van der Waals surface area contributed by atoms with E-state index in [4.69, 9.17) is 0 Å². The van der Waals surface area contributed by atoms with Crippen molar-refractivity contribution in [1.82, 2.24) is 10.2 Å². The first-order chi connectivity index (χ1) is 10.6. The second-order valence-corrected chi connectivity index (χ2v) is 6.64. The number of nitrogens with zero attached hydrogens (tertiary/aromatic N) is 1. The van der Waals surface area contributed by atoms with E-state index in [-0.39, 0.29) is 18.4 Å². The third kappa shape index (κ3) is 4.83. The predicted molar refractivity (Wildman–Crippen MR) is 90.5 cm³/mol.